The van der Waals surface area contributed by atoms with E-state index in [1.54, 1.807) is 18.5 Å². The summed E-state index contributed by atoms with van der Waals surface area (Å²) in [5.74, 6) is -0.237. The van der Waals surface area contributed by atoms with Gasteiger partial charge in [0, 0.05) is 18.9 Å². The van der Waals surface area contributed by atoms with Gasteiger partial charge in [-0.15, -0.1) is 0 Å². The Bertz CT molecular complexity index is 284. The van der Waals surface area contributed by atoms with Gasteiger partial charge in [-0.05, 0) is 11.6 Å². The monoisotopic (exact) mass is 163 g/mol. The predicted octanol–water partition coefficient (Wildman–Crippen LogP) is 0.545. The van der Waals surface area contributed by atoms with Crippen LogP contribution in [0.25, 0.3) is 0 Å². The van der Waals surface area contributed by atoms with Crippen LogP contribution in [0.2, 0.25) is 0 Å². The summed E-state index contributed by atoms with van der Waals surface area (Å²) in [7, 11) is 0. The predicted molar refractivity (Wildman–Crippen MR) is 42.9 cm³/mol. The highest BCUT2D eigenvalue weighted by atomic mass is 16.1. The first-order valence-electron chi connectivity index (χ1n) is 3.58. The number of H-pyrrole nitrogens is 1. The highest BCUT2D eigenvalue weighted by Gasteiger charge is 1.98. The highest BCUT2D eigenvalue weighted by molar-refractivity contribution is 5.77. The van der Waals surface area contributed by atoms with Crippen LogP contribution in [-0.2, 0) is 11.3 Å². The number of carbonyl (C=O) groups is 1. The topological polar surface area (TPSA) is 68.7 Å². The van der Waals surface area contributed by atoms with Crippen LogP contribution >= 0.6 is 0 Å². The minimum absolute atomic E-state index is 0.0789. The minimum Gasteiger partial charge on any atom is -0.367 e. The van der Waals surface area contributed by atoms with E-state index in [0.717, 1.165) is 5.56 Å². The summed E-state index contributed by atoms with van der Waals surface area (Å²) < 4.78 is 0. The van der Waals surface area contributed by atoms with E-state index in [-0.39, 0.29) is 12.3 Å². The van der Waals surface area contributed by atoms with Gasteiger partial charge in [0.1, 0.15) is 6.42 Å². The van der Waals surface area contributed by atoms with Crippen LogP contribution < -0.4 is 5.32 Å². The van der Waals surface area contributed by atoms with Crippen molar-refractivity contribution in [3.05, 3.63) is 24.0 Å². The summed E-state index contributed by atoms with van der Waals surface area (Å²) in [5.41, 5.74) is 1.00. The van der Waals surface area contributed by atoms with Gasteiger partial charge < -0.3 is 10.3 Å². The van der Waals surface area contributed by atoms with Gasteiger partial charge in [-0.1, -0.05) is 0 Å². The van der Waals surface area contributed by atoms with Gasteiger partial charge in [0.05, 0.1) is 6.07 Å². The molecule has 1 amide bonds. The van der Waals surface area contributed by atoms with Crippen molar-refractivity contribution in [2.75, 3.05) is 0 Å². The molecule has 4 nitrogen and oxygen atoms in total. The molecular weight excluding hydrogens is 154 g/mol. The quantitative estimate of drug-likeness (QED) is 0.683. The summed E-state index contributed by atoms with van der Waals surface area (Å²) in [6, 6.07) is 3.65. The molecule has 0 fully saturated rings. The molecule has 0 saturated carbocycles. The number of carbonyl (C=O) groups excluding carboxylic acids is 1. The first kappa shape index (κ1) is 8.34. The second-order valence-electron chi connectivity index (χ2n) is 2.33. The molecule has 1 aromatic heterocycles. The standard InChI is InChI=1S/C8H9N3O/c9-3-1-8(12)11-6-7-2-4-10-5-7/h2,4-5,10H,1,6H2,(H,11,12). The summed E-state index contributed by atoms with van der Waals surface area (Å²) in [6.07, 6.45) is 3.50. The first-order valence-corrected chi connectivity index (χ1v) is 3.58. The van der Waals surface area contributed by atoms with Crippen molar-refractivity contribution in [3.63, 3.8) is 0 Å². The molecule has 1 aromatic rings. The summed E-state index contributed by atoms with van der Waals surface area (Å²) in [6.45, 7) is 0.476. The number of nitriles is 1. The normalized spacial score (nSPS) is 8.92. The fourth-order valence-electron chi connectivity index (χ4n) is 0.803. The number of hydrogen-bond donors (Lipinski definition) is 2. The molecule has 0 spiro atoms. The molecule has 0 saturated heterocycles. The number of amides is 1. The molecule has 62 valence electrons. The van der Waals surface area contributed by atoms with Crippen molar-refractivity contribution in [1.82, 2.24) is 10.3 Å². The Labute approximate surface area is 70.2 Å². The third-order valence-corrected chi connectivity index (χ3v) is 1.39. The maximum absolute atomic E-state index is 10.8. The lowest BCUT2D eigenvalue weighted by Crippen LogP contribution is -2.21. The zero-order valence-electron chi connectivity index (χ0n) is 6.50. The fraction of sp³-hybridized carbons (Fsp3) is 0.250. The number of nitrogens with one attached hydrogen (secondary N) is 2. The first-order chi connectivity index (χ1) is 5.83. The van der Waals surface area contributed by atoms with Crippen LogP contribution in [-0.4, -0.2) is 10.9 Å². The molecule has 2 N–H and O–H groups in total. The van der Waals surface area contributed by atoms with Gasteiger partial charge in [-0.3, -0.25) is 4.79 Å². The van der Waals surface area contributed by atoms with Gasteiger partial charge in [0.2, 0.25) is 5.91 Å². The molecule has 12 heavy (non-hydrogen) atoms. The average molecular weight is 163 g/mol. The van der Waals surface area contributed by atoms with Crippen molar-refractivity contribution in [2.24, 2.45) is 0 Å². The maximum atomic E-state index is 10.8. The molecule has 0 aromatic carbocycles. The molecule has 0 aliphatic heterocycles. The molecule has 0 atom stereocenters. The van der Waals surface area contributed by atoms with E-state index >= 15 is 0 Å². The van der Waals surface area contributed by atoms with E-state index in [1.807, 2.05) is 6.07 Å². The van der Waals surface area contributed by atoms with E-state index < -0.39 is 0 Å². The molecule has 0 aliphatic carbocycles. The smallest absolute Gasteiger partial charge is 0.234 e. The lowest BCUT2D eigenvalue weighted by atomic mass is 10.3. The summed E-state index contributed by atoms with van der Waals surface area (Å²) >= 11 is 0. The van der Waals surface area contributed by atoms with Gasteiger partial charge in [-0.25, -0.2) is 0 Å². The van der Waals surface area contributed by atoms with Crippen LogP contribution in [0.4, 0.5) is 0 Å². The molecule has 0 unspecified atom stereocenters. The number of rotatable bonds is 3. The number of nitrogens with zero attached hydrogens (tertiary/aromatic N) is 1. The number of aromatic amines is 1. The molecular formula is C8H9N3O. The molecule has 1 heterocycles. The Hall–Kier alpha value is -1.76. The Balaban J connectivity index is 2.28. The molecule has 0 radical (unpaired) electrons. The Morgan fingerprint density at radius 3 is 3.17 bits per heavy atom. The van der Waals surface area contributed by atoms with E-state index in [1.165, 1.54) is 0 Å². The summed E-state index contributed by atoms with van der Waals surface area (Å²) in [4.78, 5) is 13.7. The van der Waals surface area contributed by atoms with E-state index in [9.17, 15) is 4.79 Å². The van der Waals surface area contributed by atoms with Crippen LogP contribution in [0.15, 0.2) is 18.5 Å². The highest BCUT2D eigenvalue weighted by Crippen LogP contribution is 1.94. The number of aromatic nitrogens is 1. The van der Waals surface area contributed by atoms with Crippen LogP contribution in [0.3, 0.4) is 0 Å². The van der Waals surface area contributed by atoms with Gasteiger partial charge in [0.15, 0.2) is 0 Å². The Morgan fingerprint density at radius 2 is 2.58 bits per heavy atom. The van der Waals surface area contributed by atoms with Crippen molar-refractivity contribution in [2.45, 2.75) is 13.0 Å². The van der Waals surface area contributed by atoms with Crippen LogP contribution in [0, 0.1) is 11.3 Å². The number of hydrogen-bond acceptors (Lipinski definition) is 2. The SMILES string of the molecule is N#CCC(=O)NCc1cc[nH]c1. The third-order valence-electron chi connectivity index (χ3n) is 1.39. The van der Waals surface area contributed by atoms with Gasteiger partial charge >= 0.3 is 0 Å². The van der Waals surface area contributed by atoms with E-state index in [4.69, 9.17) is 5.26 Å². The zero-order chi connectivity index (χ0) is 8.81. The van der Waals surface area contributed by atoms with Crippen LogP contribution in [0.5, 0.6) is 0 Å². The second-order valence-corrected chi connectivity index (χ2v) is 2.33. The third kappa shape index (κ3) is 2.46. The molecule has 0 bridgehead atoms. The molecule has 4 heteroatoms. The second kappa shape index (κ2) is 4.19. The lowest BCUT2D eigenvalue weighted by molar-refractivity contribution is -0.120. The van der Waals surface area contributed by atoms with Crippen molar-refractivity contribution in [3.8, 4) is 6.07 Å². The Morgan fingerprint density at radius 1 is 1.75 bits per heavy atom. The summed E-state index contributed by atoms with van der Waals surface area (Å²) in [5, 5.41) is 10.8. The largest absolute Gasteiger partial charge is 0.367 e. The van der Waals surface area contributed by atoms with E-state index in [0.29, 0.717) is 6.54 Å². The molecule has 0 aliphatic rings. The minimum atomic E-state index is -0.237. The van der Waals surface area contributed by atoms with Gasteiger partial charge in [-0.2, -0.15) is 5.26 Å². The van der Waals surface area contributed by atoms with E-state index in [2.05, 4.69) is 10.3 Å². The lowest BCUT2D eigenvalue weighted by Gasteiger charge is -1.98. The average Bonchev–Trinajstić information content (AvgIpc) is 2.53. The molecule has 1 rings (SSSR count). The van der Waals surface area contributed by atoms with Gasteiger partial charge in [0.25, 0.3) is 0 Å². The zero-order valence-corrected chi connectivity index (χ0v) is 6.50. The Kier molecular flexibility index (Phi) is 2.91. The fourth-order valence-corrected chi connectivity index (χ4v) is 0.803. The van der Waals surface area contributed by atoms with Crippen molar-refractivity contribution in [1.29, 1.82) is 5.26 Å². The maximum Gasteiger partial charge on any atom is 0.234 e. The van der Waals surface area contributed by atoms with Crippen molar-refractivity contribution < 1.29 is 4.79 Å². The van der Waals surface area contributed by atoms with Crippen LogP contribution in [0.1, 0.15) is 12.0 Å². The van der Waals surface area contributed by atoms with Crippen molar-refractivity contribution >= 4 is 5.91 Å².